The first kappa shape index (κ1) is 37.8. The SMILES string of the molecule is CCCCCCCC/C=C\CCCCCCCC(O)CC(=O)NC(CO)C(O)/C=C/CCCCCCCCC. The fourth-order valence-corrected chi connectivity index (χ4v) is 4.86. The lowest BCUT2D eigenvalue weighted by Gasteiger charge is -2.21. The highest BCUT2D eigenvalue weighted by Gasteiger charge is 2.20. The highest BCUT2D eigenvalue weighted by atomic mass is 16.3. The zero-order chi connectivity index (χ0) is 28.8. The normalized spacial score (nSPS) is 14.3. The van der Waals surface area contributed by atoms with Gasteiger partial charge in [0, 0.05) is 0 Å². The van der Waals surface area contributed by atoms with Crippen LogP contribution in [0.1, 0.15) is 162 Å². The van der Waals surface area contributed by atoms with E-state index >= 15 is 0 Å². The first-order valence-electron chi connectivity index (χ1n) is 16.6. The van der Waals surface area contributed by atoms with E-state index in [9.17, 15) is 20.1 Å². The summed E-state index contributed by atoms with van der Waals surface area (Å²) in [5.74, 6) is -0.325. The summed E-state index contributed by atoms with van der Waals surface area (Å²) >= 11 is 0. The summed E-state index contributed by atoms with van der Waals surface area (Å²) in [5.41, 5.74) is 0. The topological polar surface area (TPSA) is 89.8 Å². The van der Waals surface area contributed by atoms with Crippen molar-refractivity contribution in [3.63, 3.8) is 0 Å². The molecule has 0 saturated carbocycles. The second-order valence-corrected chi connectivity index (χ2v) is 11.4. The molecule has 0 saturated heterocycles. The predicted octanol–water partition coefficient (Wildman–Crippen LogP) is 8.31. The Morgan fingerprint density at radius 3 is 1.56 bits per heavy atom. The van der Waals surface area contributed by atoms with Crippen molar-refractivity contribution in [1.82, 2.24) is 5.32 Å². The molecule has 0 radical (unpaired) electrons. The number of hydrogen-bond acceptors (Lipinski definition) is 4. The van der Waals surface area contributed by atoms with Gasteiger partial charge in [0.15, 0.2) is 0 Å². The molecular weight excluding hydrogens is 486 g/mol. The van der Waals surface area contributed by atoms with Gasteiger partial charge in [-0.1, -0.05) is 134 Å². The molecular formula is C34H65NO4. The second-order valence-electron chi connectivity index (χ2n) is 11.4. The molecule has 0 aromatic heterocycles. The van der Waals surface area contributed by atoms with E-state index in [0.29, 0.717) is 6.42 Å². The van der Waals surface area contributed by atoms with Crippen molar-refractivity contribution in [3.8, 4) is 0 Å². The summed E-state index contributed by atoms with van der Waals surface area (Å²) in [5, 5.41) is 32.8. The van der Waals surface area contributed by atoms with Crippen LogP contribution in [0.2, 0.25) is 0 Å². The van der Waals surface area contributed by atoms with Crippen molar-refractivity contribution in [2.75, 3.05) is 6.61 Å². The number of allylic oxidation sites excluding steroid dienone is 3. The van der Waals surface area contributed by atoms with Crippen LogP contribution in [0.4, 0.5) is 0 Å². The Kier molecular flexibility index (Phi) is 28.9. The average Bonchev–Trinajstić information content (AvgIpc) is 2.92. The van der Waals surface area contributed by atoms with Crippen molar-refractivity contribution in [2.24, 2.45) is 0 Å². The Labute approximate surface area is 241 Å². The summed E-state index contributed by atoms with van der Waals surface area (Å²) in [6.07, 6.45) is 33.0. The van der Waals surface area contributed by atoms with Crippen molar-refractivity contribution in [1.29, 1.82) is 0 Å². The lowest BCUT2D eigenvalue weighted by Crippen LogP contribution is -2.45. The maximum Gasteiger partial charge on any atom is 0.222 e. The van der Waals surface area contributed by atoms with E-state index in [0.717, 1.165) is 38.5 Å². The minimum Gasteiger partial charge on any atom is -0.394 e. The molecule has 3 unspecified atom stereocenters. The molecule has 0 fully saturated rings. The lowest BCUT2D eigenvalue weighted by atomic mass is 10.0. The smallest absolute Gasteiger partial charge is 0.222 e. The third-order valence-electron chi connectivity index (χ3n) is 7.48. The van der Waals surface area contributed by atoms with Crippen LogP contribution < -0.4 is 5.32 Å². The van der Waals surface area contributed by atoms with Gasteiger partial charge in [-0.2, -0.15) is 0 Å². The molecule has 0 spiro atoms. The molecule has 0 bridgehead atoms. The van der Waals surface area contributed by atoms with E-state index in [2.05, 4.69) is 31.3 Å². The van der Waals surface area contributed by atoms with Gasteiger partial charge in [0.2, 0.25) is 5.91 Å². The largest absolute Gasteiger partial charge is 0.394 e. The molecule has 5 heteroatoms. The van der Waals surface area contributed by atoms with E-state index < -0.39 is 18.2 Å². The molecule has 0 rings (SSSR count). The van der Waals surface area contributed by atoms with Crippen molar-refractivity contribution in [3.05, 3.63) is 24.3 Å². The predicted molar refractivity (Wildman–Crippen MR) is 167 cm³/mol. The first-order chi connectivity index (χ1) is 19.0. The van der Waals surface area contributed by atoms with E-state index in [1.807, 2.05) is 6.08 Å². The van der Waals surface area contributed by atoms with Crippen LogP contribution in [-0.2, 0) is 4.79 Å². The maximum atomic E-state index is 12.3. The molecule has 230 valence electrons. The highest BCUT2D eigenvalue weighted by molar-refractivity contribution is 5.76. The van der Waals surface area contributed by atoms with Crippen LogP contribution in [-0.4, -0.2) is 46.1 Å². The van der Waals surface area contributed by atoms with Gasteiger partial charge in [-0.25, -0.2) is 0 Å². The average molecular weight is 552 g/mol. The third kappa shape index (κ3) is 26.8. The van der Waals surface area contributed by atoms with Crippen LogP contribution in [0, 0.1) is 0 Å². The van der Waals surface area contributed by atoms with E-state index in [1.54, 1.807) is 6.08 Å². The molecule has 0 aromatic carbocycles. The number of unbranched alkanes of at least 4 members (excludes halogenated alkanes) is 18. The molecule has 0 heterocycles. The van der Waals surface area contributed by atoms with Gasteiger partial charge in [0.05, 0.1) is 31.3 Å². The quantitative estimate of drug-likeness (QED) is 0.0556. The Bertz CT molecular complexity index is 578. The monoisotopic (exact) mass is 551 g/mol. The Hall–Kier alpha value is -1.17. The number of hydrogen-bond donors (Lipinski definition) is 4. The summed E-state index contributed by atoms with van der Waals surface area (Å²) in [6, 6.07) is -0.741. The molecule has 4 N–H and O–H groups in total. The number of nitrogens with one attached hydrogen (secondary N) is 1. The molecule has 3 atom stereocenters. The fourth-order valence-electron chi connectivity index (χ4n) is 4.86. The zero-order valence-corrected chi connectivity index (χ0v) is 25.8. The van der Waals surface area contributed by atoms with Gasteiger partial charge < -0.3 is 20.6 Å². The highest BCUT2D eigenvalue weighted by Crippen LogP contribution is 2.12. The van der Waals surface area contributed by atoms with Gasteiger partial charge in [-0.15, -0.1) is 0 Å². The first-order valence-corrected chi connectivity index (χ1v) is 16.6. The van der Waals surface area contributed by atoms with Crippen LogP contribution >= 0.6 is 0 Å². The zero-order valence-electron chi connectivity index (χ0n) is 25.8. The number of aliphatic hydroxyl groups excluding tert-OH is 3. The lowest BCUT2D eigenvalue weighted by molar-refractivity contribution is -0.124. The molecule has 0 aliphatic carbocycles. The van der Waals surface area contributed by atoms with E-state index in [-0.39, 0.29) is 18.9 Å². The van der Waals surface area contributed by atoms with Crippen LogP contribution in [0.15, 0.2) is 24.3 Å². The standard InChI is InChI=1S/C34H65NO4/c1-3-5-7-9-11-13-14-15-16-17-18-20-21-23-25-27-31(37)29-34(39)35-32(30-36)33(38)28-26-24-22-19-12-10-8-6-4-2/h15-16,26,28,31-33,36-38H,3-14,17-25,27,29-30H2,1-2H3,(H,35,39)/b16-15-,28-26+. The molecule has 0 aromatic rings. The minimum absolute atomic E-state index is 0.00830. The second kappa shape index (κ2) is 29.8. The van der Waals surface area contributed by atoms with Crippen LogP contribution in [0.3, 0.4) is 0 Å². The van der Waals surface area contributed by atoms with Gasteiger partial charge >= 0.3 is 0 Å². The Morgan fingerprint density at radius 1 is 0.641 bits per heavy atom. The molecule has 5 nitrogen and oxygen atoms in total. The van der Waals surface area contributed by atoms with Crippen molar-refractivity contribution < 1.29 is 20.1 Å². The number of rotatable bonds is 29. The molecule has 1 amide bonds. The van der Waals surface area contributed by atoms with Crippen LogP contribution in [0.5, 0.6) is 0 Å². The van der Waals surface area contributed by atoms with Crippen molar-refractivity contribution >= 4 is 5.91 Å². The van der Waals surface area contributed by atoms with Gasteiger partial charge in [-0.3, -0.25) is 4.79 Å². The third-order valence-corrected chi connectivity index (χ3v) is 7.48. The summed E-state index contributed by atoms with van der Waals surface area (Å²) < 4.78 is 0. The van der Waals surface area contributed by atoms with Gasteiger partial charge in [0.25, 0.3) is 0 Å². The number of carbonyl (C=O) groups is 1. The van der Waals surface area contributed by atoms with E-state index in [1.165, 1.54) is 96.3 Å². The van der Waals surface area contributed by atoms with Crippen LogP contribution in [0.25, 0.3) is 0 Å². The molecule has 0 aliphatic rings. The summed E-state index contributed by atoms with van der Waals surface area (Å²) in [4.78, 5) is 12.3. The van der Waals surface area contributed by atoms with Gasteiger partial charge in [-0.05, 0) is 44.9 Å². The molecule has 39 heavy (non-hydrogen) atoms. The van der Waals surface area contributed by atoms with E-state index in [4.69, 9.17) is 0 Å². The van der Waals surface area contributed by atoms with Gasteiger partial charge in [0.1, 0.15) is 0 Å². The van der Waals surface area contributed by atoms with Crippen molar-refractivity contribution in [2.45, 2.75) is 180 Å². The number of aliphatic hydroxyl groups is 3. The minimum atomic E-state index is -0.925. The Morgan fingerprint density at radius 2 is 1.08 bits per heavy atom. The molecule has 0 aliphatic heterocycles. The fraction of sp³-hybridized carbons (Fsp3) is 0.853. The number of amides is 1. The maximum absolute atomic E-state index is 12.3. The summed E-state index contributed by atoms with van der Waals surface area (Å²) in [7, 11) is 0. The Balaban J connectivity index is 3.77. The summed E-state index contributed by atoms with van der Waals surface area (Å²) in [6.45, 7) is 4.15. The number of carbonyl (C=O) groups excluding carboxylic acids is 1.